The first-order chi connectivity index (χ1) is 10.1. The van der Waals surface area contributed by atoms with Crippen molar-refractivity contribution >= 4 is 29.0 Å². The Bertz CT molecular complexity index is 762. The van der Waals surface area contributed by atoms with Gasteiger partial charge in [-0.05, 0) is 18.2 Å². The first-order valence-electron chi connectivity index (χ1n) is 6.59. The van der Waals surface area contributed by atoms with Gasteiger partial charge in [0.15, 0.2) is 5.82 Å². The number of rotatable bonds is 0. The number of para-hydroxylation sites is 1. The molecule has 1 atom stereocenters. The molecule has 2 N–H and O–H groups in total. The number of hydrogen-bond donors (Lipinski definition) is 2. The fourth-order valence-electron chi connectivity index (χ4n) is 2.95. The molecular formula is C15H12N4O2. The highest BCUT2D eigenvalue weighted by Gasteiger charge is 2.55. The zero-order chi connectivity index (χ0) is 14.6. The van der Waals surface area contributed by atoms with Crippen molar-refractivity contribution in [2.75, 3.05) is 15.5 Å². The van der Waals surface area contributed by atoms with Crippen molar-refractivity contribution in [2.45, 2.75) is 12.6 Å². The molecule has 104 valence electrons. The van der Waals surface area contributed by atoms with Gasteiger partial charge in [0.2, 0.25) is 11.6 Å². The Morgan fingerprint density at radius 2 is 2.00 bits per heavy atom. The summed E-state index contributed by atoms with van der Waals surface area (Å²) in [6.45, 7) is 1.38. The predicted octanol–water partition coefficient (Wildman–Crippen LogP) is 1.67. The monoisotopic (exact) mass is 280 g/mol. The third kappa shape index (κ3) is 1.38. The second kappa shape index (κ2) is 3.82. The number of anilines is 3. The van der Waals surface area contributed by atoms with E-state index in [1.807, 2.05) is 18.2 Å². The molecule has 2 amide bonds. The highest BCUT2D eigenvalue weighted by atomic mass is 16.2. The van der Waals surface area contributed by atoms with Crippen molar-refractivity contribution in [1.29, 1.82) is 0 Å². The third-order valence-electron chi connectivity index (χ3n) is 3.82. The molecule has 21 heavy (non-hydrogen) atoms. The molecule has 4 rings (SSSR count). The fraction of sp³-hybridized carbons (Fsp3) is 0.133. The second-order valence-electron chi connectivity index (χ2n) is 5.08. The van der Waals surface area contributed by atoms with Gasteiger partial charge in [-0.3, -0.25) is 9.59 Å². The number of carbonyl (C=O) groups excluding carboxylic acids is 2. The topological polar surface area (TPSA) is 74.3 Å². The Morgan fingerprint density at radius 1 is 1.19 bits per heavy atom. The Kier molecular flexibility index (Phi) is 2.16. The van der Waals surface area contributed by atoms with Crippen LogP contribution in [-0.4, -0.2) is 16.8 Å². The zero-order valence-corrected chi connectivity index (χ0v) is 11.3. The minimum absolute atomic E-state index is 0.308. The summed E-state index contributed by atoms with van der Waals surface area (Å²) in [5, 5.41) is 6.32. The number of benzene rings is 1. The normalized spacial score (nSPS) is 21.8. The summed E-state index contributed by atoms with van der Waals surface area (Å²) in [4.78, 5) is 30.1. The fourth-order valence-corrected chi connectivity index (χ4v) is 2.95. The number of carbonyl (C=O) groups is 2. The van der Waals surface area contributed by atoms with E-state index in [0.29, 0.717) is 11.5 Å². The van der Waals surface area contributed by atoms with Crippen LogP contribution in [-0.2, 0) is 15.3 Å². The van der Waals surface area contributed by atoms with Gasteiger partial charge in [0, 0.05) is 18.7 Å². The lowest BCUT2D eigenvalue weighted by Crippen LogP contribution is -2.49. The summed E-state index contributed by atoms with van der Waals surface area (Å²) in [5.41, 5.74) is 0.913. The molecular weight excluding hydrogens is 268 g/mol. The lowest BCUT2D eigenvalue weighted by molar-refractivity contribution is -0.126. The van der Waals surface area contributed by atoms with Gasteiger partial charge in [-0.1, -0.05) is 18.2 Å². The zero-order valence-electron chi connectivity index (χ0n) is 11.3. The maximum absolute atomic E-state index is 12.8. The molecule has 0 fully saturated rings. The number of nitrogens with zero attached hydrogens (tertiary/aromatic N) is 2. The minimum atomic E-state index is -1.15. The summed E-state index contributed by atoms with van der Waals surface area (Å²) in [6, 6.07) is 10.9. The maximum atomic E-state index is 12.8. The van der Waals surface area contributed by atoms with Gasteiger partial charge >= 0.3 is 0 Å². The Hall–Kier alpha value is -2.89. The number of nitrogens with one attached hydrogen (secondary N) is 2. The molecule has 0 aliphatic carbocycles. The lowest BCUT2D eigenvalue weighted by atomic mass is 10.0. The number of aromatic nitrogens is 1. The second-order valence-corrected chi connectivity index (χ2v) is 5.08. The Morgan fingerprint density at radius 3 is 2.76 bits per heavy atom. The average molecular weight is 280 g/mol. The van der Waals surface area contributed by atoms with Crippen LogP contribution < -0.4 is 15.5 Å². The van der Waals surface area contributed by atoms with E-state index in [9.17, 15) is 9.59 Å². The number of hydrogen-bond acceptors (Lipinski definition) is 5. The molecule has 1 spiro atoms. The van der Waals surface area contributed by atoms with E-state index in [1.54, 1.807) is 24.4 Å². The summed E-state index contributed by atoms with van der Waals surface area (Å²) in [6.07, 6.45) is 1.65. The molecule has 2 aromatic rings. The maximum Gasteiger partial charge on any atom is 0.285 e. The molecule has 6 nitrogen and oxygen atoms in total. The smallest absolute Gasteiger partial charge is 0.285 e. The largest absolute Gasteiger partial charge is 0.348 e. The molecule has 0 saturated carbocycles. The van der Waals surface area contributed by atoms with Crippen LogP contribution in [0.5, 0.6) is 0 Å². The SMILES string of the molecule is CC(=O)N1C(=O)[C@]2(Nc3cccnc3N2)c2ccccc21. The van der Waals surface area contributed by atoms with Gasteiger partial charge in [0.1, 0.15) is 0 Å². The van der Waals surface area contributed by atoms with Gasteiger partial charge in [0.05, 0.1) is 11.4 Å². The van der Waals surface area contributed by atoms with Gasteiger partial charge in [-0.2, -0.15) is 0 Å². The summed E-state index contributed by atoms with van der Waals surface area (Å²) >= 11 is 0. The van der Waals surface area contributed by atoms with Crippen molar-refractivity contribution in [3.8, 4) is 0 Å². The van der Waals surface area contributed by atoms with Crippen LogP contribution in [0.15, 0.2) is 42.6 Å². The van der Waals surface area contributed by atoms with Crippen LogP contribution in [0.1, 0.15) is 12.5 Å². The molecule has 1 aromatic carbocycles. The molecule has 0 radical (unpaired) electrons. The Labute approximate surface area is 120 Å². The van der Waals surface area contributed by atoms with Crippen LogP contribution in [0.4, 0.5) is 17.2 Å². The van der Waals surface area contributed by atoms with Crippen LogP contribution in [0.25, 0.3) is 0 Å². The molecule has 0 bridgehead atoms. The average Bonchev–Trinajstić information content (AvgIpc) is 2.97. The van der Waals surface area contributed by atoms with Crippen molar-refractivity contribution in [1.82, 2.24) is 4.98 Å². The van der Waals surface area contributed by atoms with Crippen molar-refractivity contribution in [2.24, 2.45) is 0 Å². The number of fused-ring (bicyclic) bond motifs is 3. The van der Waals surface area contributed by atoms with Crippen molar-refractivity contribution in [3.05, 3.63) is 48.2 Å². The predicted molar refractivity (Wildman–Crippen MR) is 77.8 cm³/mol. The summed E-state index contributed by atoms with van der Waals surface area (Å²) in [7, 11) is 0. The third-order valence-corrected chi connectivity index (χ3v) is 3.82. The van der Waals surface area contributed by atoms with E-state index in [0.717, 1.165) is 11.3 Å². The van der Waals surface area contributed by atoms with Crippen LogP contribution in [0.2, 0.25) is 0 Å². The van der Waals surface area contributed by atoms with Gasteiger partial charge in [-0.15, -0.1) is 0 Å². The quantitative estimate of drug-likeness (QED) is 0.767. The molecule has 2 aliphatic rings. The molecule has 1 aromatic heterocycles. The highest BCUT2D eigenvalue weighted by molar-refractivity contribution is 6.24. The number of imide groups is 1. The van der Waals surface area contributed by atoms with Crippen molar-refractivity contribution < 1.29 is 9.59 Å². The number of amides is 2. The van der Waals surface area contributed by atoms with E-state index in [1.165, 1.54) is 11.8 Å². The van der Waals surface area contributed by atoms with Crippen LogP contribution in [0, 0.1) is 0 Å². The molecule has 0 saturated heterocycles. The molecule has 6 heteroatoms. The molecule has 2 aliphatic heterocycles. The van der Waals surface area contributed by atoms with Gasteiger partial charge in [0.25, 0.3) is 5.91 Å². The van der Waals surface area contributed by atoms with Crippen LogP contribution >= 0.6 is 0 Å². The van der Waals surface area contributed by atoms with E-state index in [2.05, 4.69) is 15.6 Å². The van der Waals surface area contributed by atoms with E-state index < -0.39 is 5.66 Å². The van der Waals surface area contributed by atoms with Crippen LogP contribution in [0.3, 0.4) is 0 Å². The highest BCUT2D eigenvalue weighted by Crippen LogP contribution is 2.47. The summed E-state index contributed by atoms with van der Waals surface area (Å²) < 4.78 is 0. The first-order valence-corrected chi connectivity index (χ1v) is 6.59. The molecule has 0 unspecified atom stereocenters. The van der Waals surface area contributed by atoms with Gasteiger partial charge < -0.3 is 10.6 Å². The lowest BCUT2D eigenvalue weighted by Gasteiger charge is -2.24. The molecule has 3 heterocycles. The minimum Gasteiger partial charge on any atom is -0.348 e. The van der Waals surface area contributed by atoms with E-state index >= 15 is 0 Å². The van der Waals surface area contributed by atoms with E-state index in [-0.39, 0.29) is 11.8 Å². The number of pyridine rings is 1. The Balaban J connectivity index is 1.92. The summed E-state index contributed by atoms with van der Waals surface area (Å²) in [5.74, 6) is -0.0444. The first kappa shape index (κ1) is 11.9. The standard InChI is InChI=1S/C15H12N4O2/c1-9(20)19-12-7-3-2-5-10(12)15(14(19)21)17-11-6-4-8-16-13(11)18-15/h2-8,17H,1H3,(H,16,18)/t15-/m0/s1. The van der Waals surface area contributed by atoms with Crippen molar-refractivity contribution in [3.63, 3.8) is 0 Å². The van der Waals surface area contributed by atoms with E-state index in [4.69, 9.17) is 0 Å². The van der Waals surface area contributed by atoms with Gasteiger partial charge in [-0.25, -0.2) is 9.88 Å².